The summed E-state index contributed by atoms with van der Waals surface area (Å²) in [4.78, 5) is 0. The van der Waals surface area contributed by atoms with Crippen molar-refractivity contribution in [1.29, 1.82) is 0 Å². The van der Waals surface area contributed by atoms with E-state index in [1.165, 1.54) is 6.20 Å². The number of hydrogen-bond acceptors (Lipinski definition) is 3. The van der Waals surface area contributed by atoms with Crippen LogP contribution in [-0.2, 0) is 0 Å². The summed E-state index contributed by atoms with van der Waals surface area (Å²) in [5, 5.41) is 0. The Bertz CT molecular complexity index is 332. The fraction of sp³-hybridized carbons (Fsp3) is 0.200. The summed E-state index contributed by atoms with van der Waals surface area (Å²) < 4.78 is 5.03. The molecule has 0 aromatic heterocycles. The average Bonchev–Trinajstić information content (AvgIpc) is 2.16. The van der Waals surface area contributed by atoms with Crippen molar-refractivity contribution in [3.63, 3.8) is 0 Å². The second kappa shape index (κ2) is 3.85. The molecular weight excluding hydrogens is 164 g/mol. The average molecular weight is 178 g/mol. The number of anilines is 1. The topological polar surface area (TPSA) is 61.3 Å². The van der Waals surface area contributed by atoms with Gasteiger partial charge in [-0.1, -0.05) is 0 Å². The third-order valence-electron chi connectivity index (χ3n) is 1.93. The number of rotatable bonds is 2. The molecule has 13 heavy (non-hydrogen) atoms. The first-order valence-electron chi connectivity index (χ1n) is 4.01. The lowest BCUT2D eigenvalue weighted by Crippen LogP contribution is -1.95. The first-order chi connectivity index (χ1) is 6.19. The maximum Gasteiger partial charge on any atom is 0.120 e. The summed E-state index contributed by atoms with van der Waals surface area (Å²) in [7, 11) is 1.61. The maximum absolute atomic E-state index is 5.80. The zero-order chi connectivity index (χ0) is 9.84. The Morgan fingerprint density at radius 2 is 2.15 bits per heavy atom. The molecule has 0 saturated heterocycles. The summed E-state index contributed by atoms with van der Waals surface area (Å²) in [6.45, 7) is 1.91. The molecule has 0 aliphatic heterocycles. The van der Waals surface area contributed by atoms with Crippen LogP contribution in [-0.4, -0.2) is 7.11 Å². The molecule has 0 unspecified atom stereocenters. The van der Waals surface area contributed by atoms with Crippen molar-refractivity contribution in [2.24, 2.45) is 5.73 Å². The third kappa shape index (κ3) is 1.93. The number of benzene rings is 1. The molecule has 0 atom stereocenters. The lowest BCUT2D eigenvalue weighted by atomic mass is 10.1. The van der Waals surface area contributed by atoms with Gasteiger partial charge in [0.2, 0.25) is 0 Å². The van der Waals surface area contributed by atoms with Crippen LogP contribution in [0.25, 0.3) is 5.57 Å². The quantitative estimate of drug-likeness (QED) is 0.676. The molecule has 0 aliphatic rings. The van der Waals surface area contributed by atoms with Crippen molar-refractivity contribution in [3.05, 3.63) is 30.0 Å². The van der Waals surface area contributed by atoms with E-state index < -0.39 is 0 Å². The Labute approximate surface area is 78.0 Å². The summed E-state index contributed by atoms with van der Waals surface area (Å²) in [5.74, 6) is 0.756. The highest BCUT2D eigenvalue weighted by Gasteiger charge is 2.01. The van der Waals surface area contributed by atoms with Crippen molar-refractivity contribution in [2.75, 3.05) is 12.8 Å². The Morgan fingerprint density at radius 1 is 1.46 bits per heavy atom. The number of hydrogen-bond donors (Lipinski definition) is 2. The highest BCUT2D eigenvalue weighted by molar-refractivity contribution is 5.74. The smallest absolute Gasteiger partial charge is 0.120 e. The fourth-order valence-electron chi connectivity index (χ4n) is 1.12. The molecule has 0 heterocycles. The fourth-order valence-corrected chi connectivity index (χ4v) is 1.12. The summed E-state index contributed by atoms with van der Waals surface area (Å²) >= 11 is 0. The highest BCUT2D eigenvalue weighted by Crippen LogP contribution is 2.24. The summed E-state index contributed by atoms with van der Waals surface area (Å²) in [6, 6.07) is 5.54. The van der Waals surface area contributed by atoms with E-state index in [9.17, 15) is 0 Å². The molecule has 4 N–H and O–H groups in total. The van der Waals surface area contributed by atoms with Gasteiger partial charge in [-0.05, 0) is 30.8 Å². The molecule has 1 aromatic carbocycles. The first kappa shape index (κ1) is 9.45. The largest absolute Gasteiger partial charge is 0.497 e. The molecule has 3 heteroatoms. The van der Waals surface area contributed by atoms with Crippen LogP contribution in [0.1, 0.15) is 12.5 Å². The van der Waals surface area contributed by atoms with Crippen LogP contribution in [0.3, 0.4) is 0 Å². The van der Waals surface area contributed by atoms with Gasteiger partial charge < -0.3 is 16.2 Å². The molecule has 1 rings (SSSR count). The minimum Gasteiger partial charge on any atom is -0.497 e. The first-order valence-corrected chi connectivity index (χ1v) is 4.01. The second-order valence-corrected chi connectivity index (χ2v) is 2.80. The molecule has 0 bridgehead atoms. The van der Waals surface area contributed by atoms with E-state index in [0.717, 1.165) is 16.9 Å². The Kier molecular flexibility index (Phi) is 2.80. The second-order valence-electron chi connectivity index (χ2n) is 2.80. The van der Waals surface area contributed by atoms with E-state index in [0.29, 0.717) is 5.69 Å². The number of methoxy groups -OCH3 is 1. The molecule has 0 spiro atoms. The van der Waals surface area contributed by atoms with Crippen molar-refractivity contribution in [1.82, 2.24) is 0 Å². The zero-order valence-electron chi connectivity index (χ0n) is 7.87. The van der Waals surface area contributed by atoms with Crippen LogP contribution < -0.4 is 16.2 Å². The van der Waals surface area contributed by atoms with Gasteiger partial charge in [-0.25, -0.2) is 0 Å². The van der Waals surface area contributed by atoms with Crippen LogP contribution in [0.2, 0.25) is 0 Å². The van der Waals surface area contributed by atoms with Gasteiger partial charge in [0.05, 0.1) is 7.11 Å². The Hall–Kier alpha value is -1.64. The molecule has 0 aliphatic carbocycles. The summed E-state index contributed by atoms with van der Waals surface area (Å²) in [6.07, 6.45) is 1.54. The van der Waals surface area contributed by atoms with Crippen molar-refractivity contribution < 1.29 is 4.74 Å². The van der Waals surface area contributed by atoms with Gasteiger partial charge in [0.1, 0.15) is 5.75 Å². The minimum absolute atomic E-state index is 0.679. The molecule has 70 valence electrons. The Morgan fingerprint density at radius 3 is 2.62 bits per heavy atom. The van der Waals surface area contributed by atoms with Crippen molar-refractivity contribution in [2.45, 2.75) is 6.92 Å². The lowest BCUT2D eigenvalue weighted by molar-refractivity contribution is 0.415. The van der Waals surface area contributed by atoms with Crippen LogP contribution in [0, 0.1) is 0 Å². The summed E-state index contributed by atoms with van der Waals surface area (Å²) in [5.41, 5.74) is 13.8. The Balaban J connectivity index is 3.12. The number of nitrogens with two attached hydrogens (primary N) is 2. The van der Waals surface area contributed by atoms with Gasteiger partial charge in [0.15, 0.2) is 0 Å². The normalized spacial score (nSPS) is 11.4. The van der Waals surface area contributed by atoms with Gasteiger partial charge in [-0.2, -0.15) is 0 Å². The van der Waals surface area contributed by atoms with E-state index in [4.69, 9.17) is 16.2 Å². The van der Waals surface area contributed by atoms with Gasteiger partial charge in [0.25, 0.3) is 0 Å². The van der Waals surface area contributed by atoms with Crippen molar-refractivity contribution >= 4 is 11.3 Å². The van der Waals surface area contributed by atoms with Gasteiger partial charge in [-0.15, -0.1) is 0 Å². The van der Waals surface area contributed by atoms with Gasteiger partial charge >= 0.3 is 0 Å². The standard InChI is InChI=1S/C10H14N2O/c1-7(6-11)9-4-3-8(13-2)5-10(9)12/h3-6H,11-12H2,1-2H3/b7-6-. The molecule has 0 amide bonds. The third-order valence-corrected chi connectivity index (χ3v) is 1.93. The van der Waals surface area contributed by atoms with Crippen LogP contribution in [0.5, 0.6) is 5.75 Å². The molecule has 1 aromatic rings. The number of allylic oxidation sites excluding steroid dienone is 1. The molecular formula is C10H14N2O. The van der Waals surface area contributed by atoms with Crippen LogP contribution in [0.15, 0.2) is 24.4 Å². The van der Waals surface area contributed by atoms with E-state index in [-0.39, 0.29) is 0 Å². The molecule has 0 saturated carbocycles. The predicted molar refractivity (Wildman–Crippen MR) is 55.2 cm³/mol. The predicted octanol–water partition coefficient (Wildman–Crippen LogP) is 1.60. The monoisotopic (exact) mass is 178 g/mol. The molecule has 3 nitrogen and oxygen atoms in total. The zero-order valence-corrected chi connectivity index (χ0v) is 7.87. The number of ether oxygens (including phenoxy) is 1. The van der Waals surface area contributed by atoms with E-state index in [1.807, 2.05) is 19.1 Å². The minimum atomic E-state index is 0.679. The highest BCUT2D eigenvalue weighted by atomic mass is 16.5. The maximum atomic E-state index is 5.80. The molecule has 0 radical (unpaired) electrons. The van der Waals surface area contributed by atoms with Crippen molar-refractivity contribution in [3.8, 4) is 5.75 Å². The SMILES string of the molecule is COc1ccc(/C(C)=C\N)c(N)c1. The molecule has 0 fully saturated rings. The van der Waals surface area contributed by atoms with Gasteiger partial charge in [0, 0.05) is 17.3 Å². The number of nitrogen functional groups attached to an aromatic ring is 1. The van der Waals surface area contributed by atoms with Crippen LogP contribution >= 0.6 is 0 Å². The van der Waals surface area contributed by atoms with Crippen LogP contribution in [0.4, 0.5) is 5.69 Å². The van der Waals surface area contributed by atoms with E-state index >= 15 is 0 Å². The van der Waals surface area contributed by atoms with Gasteiger partial charge in [-0.3, -0.25) is 0 Å². The van der Waals surface area contributed by atoms with E-state index in [1.54, 1.807) is 13.2 Å². The lowest BCUT2D eigenvalue weighted by Gasteiger charge is -2.07. The van der Waals surface area contributed by atoms with E-state index in [2.05, 4.69) is 0 Å².